The fourth-order valence-corrected chi connectivity index (χ4v) is 3.89. The molecule has 2 atom stereocenters. The second-order valence-corrected chi connectivity index (χ2v) is 8.53. The van der Waals surface area contributed by atoms with Crippen molar-refractivity contribution in [3.05, 3.63) is 24.0 Å². The number of amides is 1. The number of hydrogen-bond donors (Lipinski definition) is 2. The van der Waals surface area contributed by atoms with Gasteiger partial charge in [-0.25, -0.2) is 4.98 Å². The summed E-state index contributed by atoms with van der Waals surface area (Å²) in [6.45, 7) is 6.63. The smallest absolute Gasteiger partial charge is 0.237 e. The number of carbonyl (C=O) groups excluding carboxylic acids is 2. The van der Waals surface area contributed by atoms with E-state index in [1.165, 1.54) is 6.92 Å². The number of aromatic nitrogens is 2. The van der Waals surface area contributed by atoms with Crippen molar-refractivity contribution in [2.24, 2.45) is 18.7 Å². The van der Waals surface area contributed by atoms with E-state index in [1.54, 1.807) is 0 Å². The highest BCUT2D eigenvalue weighted by atomic mass is 35.5. The first-order valence-electron chi connectivity index (χ1n) is 10.1. The molecule has 1 amide bonds. The van der Waals surface area contributed by atoms with Gasteiger partial charge in [-0.1, -0.05) is 13.8 Å². The second kappa shape index (κ2) is 11.0. The van der Waals surface area contributed by atoms with E-state index < -0.39 is 12.1 Å². The number of Topliss-reactive ketones (excluding diaryl/α,β-unsaturated/α-hetero) is 1. The number of fused-ring (bicyclic) bond motifs is 1. The summed E-state index contributed by atoms with van der Waals surface area (Å²) in [4.78, 5) is 31.1. The van der Waals surface area contributed by atoms with Crippen molar-refractivity contribution < 1.29 is 9.59 Å². The molecule has 30 heavy (non-hydrogen) atoms. The molecule has 0 unspecified atom stereocenters. The SMILES string of the molecule is CC(=O)[C@@H](NC(=O)[C@@H](N)Cc1nc2cc(N(CCCl)CCCl)ccc2n1C)C(C)C. The van der Waals surface area contributed by atoms with Crippen LogP contribution in [0.5, 0.6) is 0 Å². The highest BCUT2D eigenvalue weighted by Gasteiger charge is 2.25. The van der Waals surface area contributed by atoms with Crippen molar-refractivity contribution in [1.29, 1.82) is 0 Å². The molecule has 0 spiro atoms. The zero-order valence-electron chi connectivity index (χ0n) is 18.0. The number of rotatable bonds is 11. The summed E-state index contributed by atoms with van der Waals surface area (Å²) in [6, 6.07) is 4.66. The first-order valence-corrected chi connectivity index (χ1v) is 11.1. The van der Waals surface area contributed by atoms with Crippen molar-refractivity contribution in [2.45, 2.75) is 39.3 Å². The number of nitrogens with zero attached hydrogens (tertiary/aromatic N) is 3. The van der Waals surface area contributed by atoms with Gasteiger partial charge in [0, 0.05) is 44.0 Å². The Kier molecular flexibility index (Phi) is 8.94. The lowest BCUT2D eigenvalue weighted by Crippen LogP contribution is -2.50. The Labute approximate surface area is 187 Å². The van der Waals surface area contributed by atoms with Crippen LogP contribution < -0.4 is 16.0 Å². The maximum atomic E-state index is 12.5. The molecule has 3 N–H and O–H groups in total. The number of halogens is 2. The van der Waals surface area contributed by atoms with Gasteiger partial charge in [-0.05, 0) is 31.0 Å². The second-order valence-electron chi connectivity index (χ2n) is 7.78. The molecule has 0 saturated carbocycles. The normalized spacial score (nSPS) is 13.5. The summed E-state index contributed by atoms with van der Waals surface area (Å²) in [5.41, 5.74) is 8.89. The molecule has 2 aromatic rings. The highest BCUT2D eigenvalue weighted by molar-refractivity contribution is 6.18. The molecule has 0 fully saturated rings. The summed E-state index contributed by atoms with van der Waals surface area (Å²) in [5.74, 6) is 1.27. The van der Waals surface area contributed by atoms with E-state index in [0.29, 0.717) is 30.7 Å². The highest BCUT2D eigenvalue weighted by Crippen LogP contribution is 2.23. The summed E-state index contributed by atoms with van der Waals surface area (Å²) in [5, 5.41) is 2.76. The quantitative estimate of drug-likeness (QED) is 0.507. The molecule has 0 aliphatic carbocycles. The Bertz CT molecular complexity index is 878. The number of nitrogens with one attached hydrogen (secondary N) is 1. The van der Waals surface area contributed by atoms with Gasteiger partial charge in [-0.3, -0.25) is 9.59 Å². The van der Waals surface area contributed by atoms with E-state index in [1.807, 2.05) is 43.7 Å². The van der Waals surface area contributed by atoms with Gasteiger partial charge < -0.3 is 20.5 Å². The van der Waals surface area contributed by atoms with Gasteiger partial charge in [0.2, 0.25) is 5.91 Å². The van der Waals surface area contributed by atoms with Crippen LogP contribution in [0.1, 0.15) is 26.6 Å². The third-order valence-electron chi connectivity index (χ3n) is 5.17. The van der Waals surface area contributed by atoms with Crippen molar-refractivity contribution >= 4 is 51.6 Å². The number of benzene rings is 1. The van der Waals surface area contributed by atoms with Gasteiger partial charge in [-0.2, -0.15) is 0 Å². The Balaban J connectivity index is 2.20. The molecule has 7 nitrogen and oxygen atoms in total. The number of anilines is 1. The molecule has 1 heterocycles. The topological polar surface area (TPSA) is 93.2 Å². The number of nitrogens with two attached hydrogens (primary N) is 1. The maximum Gasteiger partial charge on any atom is 0.237 e. The molecule has 0 bridgehead atoms. The van der Waals surface area contributed by atoms with Crippen LogP contribution in [0.4, 0.5) is 5.69 Å². The van der Waals surface area contributed by atoms with Crippen molar-refractivity contribution in [3.63, 3.8) is 0 Å². The Morgan fingerprint density at radius 2 is 1.87 bits per heavy atom. The Morgan fingerprint density at radius 3 is 2.40 bits per heavy atom. The molecule has 0 aliphatic rings. The fourth-order valence-electron chi connectivity index (χ4n) is 3.48. The number of ketones is 1. The number of aryl methyl sites for hydroxylation is 1. The summed E-state index contributed by atoms with van der Waals surface area (Å²) in [7, 11) is 1.90. The monoisotopic (exact) mass is 455 g/mol. The largest absolute Gasteiger partial charge is 0.369 e. The number of hydrogen-bond acceptors (Lipinski definition) is 5. The average molecular weight is 456 g/mol. The minimum Gasteiger partial charge on any atom is -0.369 e. The zero-order valence-corrected chi connectivity index (χ0v) is 19.5. The molecule has 0 saturated heterocycles. The average Bonchev–Trinajstić information content (AvgIpc) is 2.99. The van der Waals surface area contributed by atoms with Gasteiger partial charge >= 0.3 is 0 Å². The Morgan fingerprint density at radius 1 is 1.23 bits per heavy atom. The van der Waals surface area contributed by atoms with Crippen LogP contribution in [0.25, 0.3) is 11.0 Å². The third-order valence-corrected chi connectivity index (χ3v) is 5.51. The van der Waals surface area contributed by atoms with E-state index in [9.17, 15) is 9.59 Å². The third kappa shape index (κ3) is 5.86. The van der Waals surface area contributed by atoms with Crippen molar-refractivity contribution in [2.75, 3.05) is 29.7 Å². The molecule has 0 radical (unpaired) electrons. The molecule has 9 heteroatoms. The van der Waals surface area contributed by atoms with Gasteiger partial charge in [0.25, 0.3) is 0 Å². The lowest BCUT2D eigenvalue weighted by Gasteiger charge is -2.22. The van der Waals surface area contributed by atoms with E-state index in [2.05, 4.69) is 10.2 Å². The van der Waals surface area contributed by atoms with E-state index >= 15 is 0 Å². The molecule has 0 aliphatic heterocycles. The lowest BCUT2D eigenvalue weighted by atomic mass is 10.00. The number of alkyl halides is 2. The molecule has 1 aromatic carbocycles. The van der Waals surface area contributed by atoms with Crippen LogP contribution in [-0.2, 0) is 23.1 Å². The first kappa shape index (κ1) is 24.4. The first-order chi connectivity index (χ1) is 14.2. The van der Waals surface area contributed by atoms with Crippen LogP contribution in [-0.4, -0.2) is 58.2 Å². The van der Waals surface area contributed by atoms with Gasteiger partial charge in [0.1, 0.15) is 5.82 Å². The number of carbonyl (C=O) groups is 2. The fraction of sp³-hybridized carbons (Fsp3) is 0.571. The minimum atomic E-state index is -0.801. The predicted octanol–water partition coefficient (Wildman–Crippen LogP) is 2.46. The standard InChI is InChI=1S/C21H31Cl2N5O2/c1-13(2)20(14(3)29)26-21(30)16(24)12-19-25-17-11-15(5-6-18(17)27(19)4)28(9-7-22)10-8-23/h5-6,11,13,16,20H,7-10,12,24H2,1-4H3,(H,26,30)/t16-,20-/m0/s1. The lowest BCUT2D eigenvalue weighted by molar-refractivity contribution is -0.128. The van der Waals surface area contributed by atoms with Gasteiger partial charge in [0.05, 0.1) is 23.1 Å². The van der Waals surface area contributed by atoms with E-state index in [4.69, 9.17) is 33.9 Å². The predicted molar refractivity (Wildman–Crippen MR) is 123 cm³/mol. The molecule has 166 valence electrons. The molecule has 1 aromatic heterocycles. The summed E-state index contributed by atoms with van der Waals surface area (Å²) in [6.07, 6.45) is 0.266. The van der Waals surface area contributed by atoms with E-state index in [-0.39, 0.29) is 24.0 Å². The summed E-state index contributed by atoms with van der Waals surface area (Å²) >= 11 is 11.8. The van der Waals surface area contributed by atoms with Crippen LogP contribution >= 0.6 is 23.2 Å². The van der Waals surface area contributed by atoms with Gasteiger partial charge in [-0.15, -0.1) is 23.2 Å². The van der Waals surface area contributed by atoms with Crippen LogP contribution in [0.2, 0.25) is 0 Å². The summed E-state index contributed by atoms with van der Waals surface area (Å²) < 4.78 is 1.94. The van der Waals surface area contributed by atoms with Crippen LogP contribution in [0.3, 0.4) is 0 Å². The zero-order chi connectivity index (χ0) is 22.4. The van der Waals surface area contributed by atoms with Crippen molar-refractivity contribution in [1.82, 2.24) is 14.9 Å². The molecular formula is C21H31Cl2N5O2. The van der Waals surface area contributed by atoms with Crippen LogP contribution in [0, 0.1) is 5.92 Å². The number of imidazole rings is 1. The minimum absolute atomic E-state index is 0.00302. The van der Waals surface area contributed by atoms with E-state index in [0.717, 1.165) is 16.7 Å². The maximum absolute atomic E-state index is 12.5. The van der Waals surface area contributed by atoms with Gasteiger partial charge in [0.15, 0.2) is 5.78 Å². The van der Waals surface area contributed by atoms with Crippen LogP contribution in [0.15, 0.2) is 18.2 Å². The Hall–Kier alpha value is -1.83. The molecular weight excluding hydrogens is 425 g/mol. The van der Waals surface area contributed by atoms with Crippen molar-refractivity contribution in [3.8, 4) is 0 Å². The molecule has 2 rings (SSSR count).